The molecule has 0 aromatic heterocycles. The molecular weight excluding hydrogens is 239 g/mol. The Hall–Kier alpha value is 0.660. The fourth-order valence-electron chi connectivity index (χ4n) is 2.85. The number of rotatable bonds is 6. The minimum atomic E-state index is -1.08. The molecule has 1 atom stereocenters. The number of thiol groups is 1. The van der Waals surface area contributed by atoms with Gasteiger partial charge in [-0.1, -0.05) is 33.1 Å². The standard InChI is InChI=1S/C11H25N2OPS/c1-3-7-11(8-4-2)9-5-6-10-13(11)14-15(12)16/h16H,3-10,12H2,1-2H3/t15-/m0/s1. The van der Waals surface area contributed by atoms with Crippen molar-refractivity contribution in [3.63, 3.8) is 0 Å². The van der Waals surface area contributed by atoms with Gasteiger partial charge in [-0.2, -0.15) is 5.06 Å². The van der Waals surface area contributed by atoms with Gasteiger partial charge in [-0.05, 0) is 25.7 Å². The fourth-order valence-corrected chi connectivity index (χ4v) is 3.58. The molecule has 0 spiro atoms. The minimum absolute atomic E-state index is 0.227. The Morgan fingerprint density at radius 3 is 2.44 bits per heavy atom. The molecule has 0 bridgehead atoms. The molecule has 0 aromatic rings. The van der Waals surface area contributed by atoms with E-state index in [0.29, 0.717) is 0 Å². The average molecular weight is 264 g/mol. The Bertz CT molecular complexity index is 193. The highest BCUT2D eigenvalue weighted by Crippen LogP contribution is 2.43. The summed E-state index contributed by atoms with van der Waals surface area (Å²) in [6.45, 7) is 5.50. The van der Waals surface area contributed by atoms with Gasteiger partial charge in [0.15, 0.2) is 7.50 Å². The Kier molecular flexibility index (Phi) is 6.60. The first-order valence-electron chi connectivity index (χ1n) is 6.34. The van der Waals surface area contributed by atoms with E-state index in [2.05, 4.69) is 31.2 Å². The van der Waals surface area contributed by atoms with Crippen molar-refractivity contribution in [2.75, 3.05) is 6.54 Å². The maximum atomic E-state index is 5.75. The van der Waals surface area contributed by atoms with Gasteiger partial charge in [0, 0.05) is 12.1 Å². The molecule has 1 fully saturated rings. The van der Waals surface area contributed by atoms with Crippen LogP contribution in [0.2, 0.25) is 0 Å². The number of nitrogens with two attached hydrogens (primary N) is 1. The van der Waals surface area contributed by atoms with E-state index in [0.717, 1.165) is 6.54 Å². The normalized spacial score (nSPS) is 23.2. The lowest BCUT2D eigenvalue weighted by Crippen LogP contribution is -2.50. The summed E-state index contributed by atoms with van der Waals surface area (Å²) in [5, 5.41) is 2.15. The third-order valence-electron chi connectivity index (χ3n) is 3.40. The molecule has 5 heteroatoms. The van der Waals surface area contributed by atoms with E-state index >= 15 is 0 Å². The van der Waals surface area contributed by atoms with Crippen LogP contribution in [0.5, 0.6) is 0 Å². The van der Waals surface area contributed by atoms with Crippen molar-refractivity contribution in [2.45, 2.75) is 64.3 Å². The van der Waals surface area contributed by atoms with Crippen LogP contribution >= 0.6 is 19.7 Å². The van der Waals surface area contributed by atoms with Gasteiger partial charge in [0.1, 0.15) is 0 Å². The molecule has 0 radical (unpaired) electrons. The summed E-state index contributed by atoms with van der Waals surface area (Å²) < 4.78 is 5.75. The second-order valence-corrected chi connectivity index (χ2v) is 6.62. The molecule has 1 heterocycles. The van der Waals surface area contributed by atoms with Gasteiger partial charge in [0.05, 0.1) is 0 Å². The van der Waals surface area contributed by atoms with Gasteiger partial charge in [-0.3, -0.25) is 5.50 Å². The predicted octanol–water partition coefficient (Wildman–Crippen LogP) is 3.86. The smallest absolute Gasteiger partial charge is 0.183 e. The second-order valence-electron chi connectivity index (χ2n) is 4.67. The monoisotopic (exact) mass is 264 g/mol. The third kappa shape index (κ3) is 3.85. The SMILES string of the molecule is CCCC1(CCC)CCCCN1O[P@](N)S. The molecule has 0 amide bonds. The third-order valence-corrected chi connectivity index (χ3v) is 3.98. The topological polar surface area (TPSA) is 38.5 Å². The van der Waals surface area contributed by atoms with Gasteiger partial charge < -0.3 is 0 Å². The summed E-state index contributed by atoms with van der Waals surface area (Å²) in [6.07, 6.45) is 8.59. The summed E-state index contributed by atoms with van der Waals surface area (Å²) in [5.41, 5.74) is 5.93. The maximum Gasteiger partial charge on any atom is 0.183 e. The van der Waals surface area contributed by atoms with Crippen molar-refractivity contribution < 1.29 is 4.62 Å². The van der Waals surface area contributed by atoms with E-state index in [4.69, 9.17) is 10.1 Å². The van der Waals surface area contributed by atoms with Crippen LogP contribution in [-0.2, 0) is 4.62 Å². The van der Waals surface area contributed by atoms with Crippen molar-refractivity contribution >= 4 is 19.7 Å². The van der Waals surface area contributed by atoms with Crippen molar-refractivity contribution in [3.05, 3.63) is 0 Å². The Labute approximate surface area is 106 Å². The highest BCUT2D eigenvalue weighted by Gasteiger charge is 2.38. The van der Waals surface area contributed by atoms with Gasteiger partial charge in [-0.25, -0.2) is 4.62 Å². The lowest BCUT2D eigenvalue weighted by Gasteiger charge is -2.46. The van der Waals surface area contributed by atoms with Crippen molar-refractivity contribution in [1.29, 1.82) is 0 Å². The summed E-state index contributed by atoms with van der Waals surface area (Å²) in [5.74, 6) is 0. The average Bonchev–Trinajstić information content (AvgIpc) is 2.22. The summed E-state index contributed by atoms with van der Waals surface area (Å²) >= 11 is 4.20. The van der Waals surface area contributed by atoms with Crippen LogP contribution in [-0.4, -0.2) is 17.1 Å². The maximum absolute atomic E-state index is 5.75. The molecule has 3 nitrogen and oxygen atoms in total. The first-order chi connectivity index (χ1) is 7.64. The van der Waals surface area contributed by atoms with Gasteiger partial charge in [0.2, 0.25) is 0 Å². The molecule has 1 aliphatic rings. The van der Waals surface area contributed by atoms with Crippen LogP contribution in [0.15, 0.2) is 0 Å². The molecule has 0 aromatic carbocycles. The number of hydroxylamine groups is 2. The molecule has 0 unspecified atom stereocenters. The van der Waals surface area contributed by atoms with Gasteiger partial charge >= 0.3 is 0 Å². The predicted molar refractivity (Wildman–Crippen MR) is 74.3 cm³/mol. The molecule has 96 valence electrons. The second kappa shape index (κ2) is 7.17. The lowest BCUT2D eigenvalue weighted by atomic mass is 9.81. The zero-order chi connectivity index (χ0) is 12.0. The zero-order valence-corrected chi connectivity index (χ0v) is 12.3. The van der Waals surface area contributed by atoms with Crippen LogP contribution in [0.1, 0.15) is 58.8 Å². The summed E-state index contributed by atoms with van der Waals surface area (Å²) in [4.78, 5) is 0. The first kappa shape index (κ1) is 14.7. The van der Waals surface area contributed by atoms with E-state index in [9.17, 15) is 0 Å². The quantitative estimate of drug-likeness (QED) is 0.565. The van der Waals surface area contributed by atoms with Crippen LogP contribution in [0.4, 0.5) is 0 Å². The van der Waals surface area contributed by atoms with Crippen molar-refractivity contribution in [1.82, 2.24) is 5.06 Å². The number of piperidine rings is 1. The Balaban J connectivity index is 2.72. The van der Waals surface area contributed by atoms with E-state index in [1.807, 2.05) is 0 Å². The zero-order valence-electron chi connectivity index (χ0n) is 10.5. The van der Waals surface area contributed by atoms with E-state index < -0.39 is 7.50 Å². The Morgan fingerprint density at radius 2 is 1.94 bits per heavy atom. The molecule has 1 rings (SSSR count). The van der Waals surface area contributed by atoms with E-state index in [1.165, 1.54) is 44.9 Å². The number of nitrogens with zero attached hydrogens (tertiary/aromatic N) is 1. The molecule has 0 aliphatic carbocycles. The Morgan fingerprint density at radius 1 is 1.31 bits per heavy atom. The highest BCUT2D eigenvalue weighted by atomic mass is 32.7. The molecule has 16 heavy (non-hydrogen) atoms. The van der Waals surface area contributed by atoms with Crippen LogP contribution < -0.4 is 5.50 Å². The van der Waals surface area contributed by atoms with E-state index in [1.54, 1.807) is 0 Å². The van der Waals surface area contributed by atoms with Crippen molar-refractivity contribution in [2.24, 2.45) is 5.50 Å². The fraction of sp³-hybridized carbons (Fsp3) is 1.00. The molecule has 1 saturated heterocycles. The van der Waals surface area contributed by atoms with Crippen LogP contribution in [0.3, 0.4) is 0 Å². The summed E-state index contributed by atoms with van der Waals surface area (Å²) in [7, 11) is -1.08. The number of hydrogen-bond donors (Lipinski definition) is 2. The number of hydrogen-bond acceptors (Lipinski definition) is 4. The van der Waals surface area contributed by atoms with Crippen LogP contribution in [0.25, 0.3) is 0 Å². The van der Waals surface area contributed by atoms with Gasteiger partial charge in [-0.15, -0.1) is 12.2 Å². The molecular formula is C11H25N2OPS. The largest absolute Gasteiger partial charge is 0.278 e. The molecule has 0 saturated carbocycles. The molecule has 2 N–H and O–H groups in total. The summed E-state index contributed by atoms with van der Waals surface area (Å²) in [6, 6.07) is 0. The van der Waals surface area contributed by atoms with Gasteiger partial charge in [0.25, 0.3) is 0 Å². The van der Waals surface area contributed by atoms with Crippen molar-refractivity contribution in [3.8, 4) is 0 Å². The first-order valence-corrected chi connectivity index (χ1v) is 8.82. The van der Waals surface area contributed by atoms with E-state index in [-0.39, 0.29) is 5.54 Å². The highest BCUT2D eigenvalue weighted by molar-refractivity contribution is 8.42. The lowest BCUT2D eigenvalue weighted by molar-refractivity contribution is -0.163. The minimum Gasteiger partial charge on any atom is -0.278 e. The van der Waals surface area contributed by atoms with Crippen LogP contribution in [0, 0.1) is 0 Å². The molecule has 1 aliphatic heterocycles.